The number of benzene rings is 1. The van der Waals surface area contributed by atoms with Crippen molar-refractivity contribution in [2.75, 3.05) is 49.9 Å². The van der Waals surface area contributed by atoms with Crippen molar-refractivity contribution in [2.24, 2.45) is 0 Å². The Morgan fingerprint density at radius 2 is 1.84 bits per heavy atom. The molecule has 0 aromatic heterocycles. The van der Waals surface area contributed by atoms with Crippen molar-refractivity contribution in [3.05, 3.63) is 53.9 Å². The van der Waals surface area contributed by atoms with Crippen molar-refractivity contribution in [1.29, 1.82) is 0 Å². The highest BCUT2D eigenvalue weighted by Crippen LogP contribution is 2.17. The van der Waals surface area contributed by atoms with Crippen LogP contribution in [0.25, 0.3) is 0 Å². The summed E-state index contributed by atoms with van der Waals surface area (Å²) in [6.07, 6.45) is 8.84. The molecule has 0 saturated heterocycles. The zero-order chi connectivity index (χ0) is 23.2. The molecule has 1 amide bonds. The zero-order valence-electron chi connectivity index (χ0n) is 18.7. The van der Waals surface area contributed by atoms with Crippen molar-refractivity contribution in [3.63, 3.8) is 0 Å². The van der Waals surface area contributed by atoms with Crippen molar-refractivity contribution in [3.8, 4) is 0 Å². The van der Waals surface area contributed by atoms with E-state index in [0.29, 0.717) is 44.2 Å². The van der Waals surface area contributed by atoms with E-state index < -0.39 is 0 Å². The molecule has 8 heteroatoms. The maximum Gasteiger partial charge on any atom is 0.305 e. The first kappa shape index (κ1) is 26.1. The molecule has 1 aliphatic heterocycles. The average Bonchev–Trinajstić information content (AvgIpc) is 2.79. The number of amides is 1. The summed E-state index contributed by atoms with van der Waals surface area (Å²) in [6.45, 7) is 2.31. The van der Waals surface area contributed by atoms with Crippen LogP contribution >= 0.6 is 23.2 Å². The normalized spacial score (nSPS) is 13.0. The summed E-state index contributed by atoms with van der Waals surface area (Å²) in [7, 11) is 1.89. The van der Waals surface area contributed by atoms with Crippen LogP contribution < -0.4 is 10.2 Å². The molecule has 0 fully saturated rings. The van der Waals surface area contributed by atoms with Gasteiger partial charge in [-0.05, 0) is 49.6 Å². The van der Waals surface area contributed by atoms with Gasteiger partial charge in [0.1, 0.15) is 0 Å². The van der Waals surface area contributed by atoms with Crippen molar-refractivity contribution >= 4 is 40.8 Å². The minimum Gasteiger partial charge on any atom is -0.466 e. The second-order valence-corrected chi connectivity index (χ2v) is 8.38. The van der Waals surface area contributed by atoms with Gasteiger partial charge >= 0.3 is 5.97 Å². The van der Waals surface area contributed by atoms with E-state index >= 15 is 0 Å². The number of carbonyl (C=O) groups excluding carboxylic acids is 2. The lowest BCUT2D eigenvalue weighted by Crippen LogP contribution is -2.28. The van der Waals surface area contributed by atoms with Gasteiger partial charge in [0.2, 0.25) is 5.91 Å². The van der Waals surface area contributed by atoms with Gasteiger partial charge in [-0.1, -0.05) is 18.2 Å². The third-order valence-corrected chi connectivity index (χ3v) is 5.39. The highest BCUT2D eigenvalue weighted by molar-refractivity contribution is 6.18. The Kier molecular flexibility index (Phi) is 12.1. The standard InChI is InChI=1S/C24H33Cl2N3O3/c1-28-15-3-6-21(19-28)24(31)27-14-4-18-32-23(30)7-2-5-20-8-10-22(11-9-20)29(16-12-25)17-13-26/h3,8-11,15,19H,2,4-7,12-14,16-18H2,1H3,(H,27,31). The fourth-order valence-corrected chi connectivity index (χ4v) is 3.78. The van der Waals surface area contributed by atoms with E-state index in [1.165, 1.54) is 5.56 Å². The molecule has 0 unspecified atom stereocenters. The molecule has 1 aromatic carbocycles. The Morgan fingerprint density at radius 1 is 1.12 bits per heavy atom. The number of alkyl halides is 2. The molecule has 0 atom stereocenters. The van der Waals surface area contributed by atoms with Gasteiger partial charge in [-0.25, -0.2) is 0 Å². The van der Waals surface area contributed by atoms with Crippen LogP contribution in [0.15, 0.2) is 48.3 Å². The number of carbonyl (C=O) groups is 2. The van der Waals surface area contributed by atoms with Gasteiger partial charge in [0.25, 0.3) is 0 Å². The minimum absolute atomic E-state index is 0.0769. The third kappa shape index (κ3) is 9.53. The van der Waals surface area contributed by atoms with Crippen LogP contribution in [0.3, 0.4) is 0 Å². The zero-order valence-corrected chi connectivity index (χ0v) is 20.2. The number of hydrogen-bond acceptors (Lipinski definition) is 5. The number of aryl methyl sites for hydroxylation is 1. The molecule has 32 heavy (non-hydrogen) atoms. The lowest BCUT2D eigenvalue weighted by atomic mass is 10.1. The summed E-state index contributed by atoms with van der Waals surface area (Å²) in [6, 6.07) is 8.29. The minimum atomic E-state index is -0.204. The van der Waals surface area contributed by atoms with Crippen molar-refractivity contribution < 1.29 is 14.3 Å². The Labute approximate surface area is 201 Å². The van der Waals surface area contributed by atoms with Crippen molar-refractivity contribution in [1.82, 2.24) is 10.2 Å². The molecule has 2 rings (SSSR count). The van der Waals surface area contributed by atoms with Crippen LogP contribution in [0.2, 0.25) is 0 Å². The number of rotatable bonds is 14. The summed E-state index contributed by atoms with van der Waals surface area (Å²) in [5.74, 6) is 0.831. The molecule has 1 N–H and O–H groups in total. The van der Waals surface area contributed by atoms with Gasteiger partial charge in [-0.15, -0.1) is 23.2 Å². The van der Waals surface area contributed by atoms with Crippen molar-refractivity contribution in [2.45, 2.75) is 32.1 Å². The predicted octanol–water partition coefficient (Wildman–Crippen LogP) is 4.08. The first-order valence-corrected chi connectivity index (χ1v) is 12.1. The molecule has 0 aliphatic carbocycles. The molecule has 176 valence electrons. The summed E-state index contributed by atoms with van der Waals surface area (Å²) in [5, 5.41) is 2.86. The third-order valence-electron chi connectivity index (χ3n) is 5.06. The molecular formula is C24H33Cl2N3O3. The van der Waals surface area contributed by atoms with E-state index in [1.807, 2.05) is 30.4 Å². The fourth-order valence-electron chi connectivity index (χ4n) is 3.37. The maximum atomic E-state index is 12.1. The first-order valence-electron chi connectivity index (χ1n) is 11.0. The van der Waals surface area contributed by atoms with Crippen LogP contribution in [-0.2, 0) is 20.7 Å². The number of halogens is 2. The summed E-state index contributed by atoms with van der Waals surface area (Å²) < 4.78 is 5.27. The summed E-state index contributed by atoms with van der Waals surface area (Å²) >= 11 is 11.7. The van der Waals surface area contributed by atoms with Gasteiger partial charge in [0.05, 0.1) is 6.61 Å². The summed E-state index contributed by atoms with van der Waals surface area (Å²) in [5.41, 5.74) is 3.01. The van der Waals surface area contributed by atoms with Gasteiger partial charge in [0.15, 0.2) is 0 Å². The average molecular weight is 482 g/mol. The molecule has 0 spiro atoms. The van der Waals surface area contributed by atoms with E-state index in [0.717, 1.165) is 37.2 Å². The highest BCUT2D eigenvalue weighted by atomic mass is 35.5. The SMILES string of the molecule is CN1C=CCC(C(=O)NCCCOC(=O)CCCc2ccc(N(CCCl)CCCl)cc2)=C1. The Bertz CT molecular complexity index is 775. The molecular weight excluding hydrogens is 449 g/mol. The van der Waals surface area contributed by atoms with Gasteiger partial charge in [-0.2, -0.15) is 0 Å². The molecule has 0 radical (unpaired) electrons. The Balaban J connectivity index is 1.58. The largest absolute Gasteiger partial charge is 0.466 e. The van der Waals surface area contributed by atoms with E-state index in [2.05, 4.69) is 34.5 Å². The molecule has 1 heterocycles. The Hall–Kier alpha value is -2.18. The number of allylic oxidation sites excluding steroid dienone is 1. The topological polar surface area (TPSA) is 61.9 Å². The van der Waals surface area contributed by atoms with Gasteiger partial charge in [0, 0.05) is 62.3 Å². The van der Waals surface area contributed by atoms with Crippen LogP contribution in [0.5, 0.6) is 0 Å². The van der Waals surface area contributed by atoms with Crippen LogP contribution in [0, 0.1) is 0 Å². The predicted molar refractivity (Wildman–Crippen MR) is 131 cm³/mol. The number of nitrogens with one attached hydrogen (secondary N) is 1. The molecule has 0 bridgehead atoms. The molecule has 0 saturated carbocycles. The van der Waals surface area contributed by atoms with E-state index in [1.54, 1.807) is 0 Å². The number of nitrogens with zero attached hydrogens (tertiary/aromatic N) is 2. The van der Waals surface area contributed by atoms with Gasteiger partial charge in [-0.3, -0.25) is 9.59 Å². The molecule has 1 aromatic rings. The second kappa shape index (κ2) is 14.8. The summed E-state index contributed by atoms with van der Waals surface area (Å²) in [4.78, 5) is 28.0. The quantitative estimate of drug-likeness (QED) is 0.246. The first-order chi connectivity index (χ1) is 15.5. The van der Waals surface area contributed by atoms with Crippen LogP contribution in [0.4, 0.5) is 5.69 Å². The lowest BCUT2D eigenvalue weighted by Gasteiger charge is -2.23. The van der Waals surface area contributed by atoms with E-state index in [9.17, 15) is 9.59 Å². The smallest absolute Gasteiger partial charge is 0.305 e. The van der Waals surface area contributed by atoms with Crippen LogP contribution in [-0.4, -0.2) is 61.8 Å². The lowest BCUT2D eigenvalue weighted by molar-refractivity contribution is -0.143. The van der Waals surface area contributed by atoms with Crippen LogP contribution in [0.1, 0.15) is 31.2 Å². The van der Waals surface area contributed by atoms with Gasteiger partial charge < -0.3 is 19.9 Å². The highest BCUT2D eigenvalue weighted by Gasteiger charge is 2.11. The number of esters is 1. The maximum absolute atomic E-state index is 12.1. The number of hydrogen-bond donors (Lipinski definition) is 1. The van der Waals surface area contributed by atoms with E-state index in [-0.39, 0.29) is 11.9 Å². The number of anilines is 1. The fraction of sp³-hybridized carbons (Fsp3) is 0.500. The van der Waals surface area contributed by atoms with E-state index in [4.69, 9.17) is 27.9 Å². The molecule has 1 aliphatic rings. The monoisotopic (exact) mass is 481 g/mol. The molecule has 6 nitrogen and oxygen atoms in total. The second-order valence-electron chi connectivity index (χ2n) is 7.62. The number of ether oxygens (including phenoxy) is 1. The Morgan fingerprint density at radius 3 is 2.50 bits per heavy atom.